The molecule has 1 fully saturated rings. The van der Waals surface area contributed by atoms with Crippen molar-refractivity contribution >= 4 is 27.2 Å². The second kappa shape index (κ2) is 5.00. The first-order valence-electron chi connectivity index (χ1n) is 5.81. The van der Waals surface area contributed by atoms with Crippen molar-refractivity contribution in [3.05, 3.63) is 23.7 Å². The van der Waals surface area contributed by atoms with Gasteiger partial charge in [-0.25, -0.2) is 4.98 Å². The number of morpholine rings is 1. The summed E-state index contributed by atoms with van der Waals surface area (Å²) in [6.45, 7) is 3.37. The molecule has 2 N–H and O–H groups in total. The average Bonchev–Trinajstić information content (AvgIpc) is 2.86. The largest absolute Gasteiger partial charge is 0.378 e. The van der Waals surface area contributed by atoms with E-state index in [2.05, 4.69) is 27.1 Å². The molecule has 3 rings (SSSR count). The van der Waals surface area contributed by atoms with Gasteiger partial charge in [0.2, 0.25) is 0 Å². The summed E-state index contributed by atoms with van der Waals surface area (Å²) in [7, 11) is 0. The zero-order chi connectivity index (χ0) is 11.5. The zero-order valence-corrected chi connectivity index (χ0v) is 10.3. The Balaban J connectivity index is 1.69. The third kappa shape index (κ3) is 2.41. The maximum absolute atomic E-state index is 5.42. The van der Waals surface area contributed by atoms with Crippen molar-refractivity contribution in [1.82, 2.24) is 10.3 Å². The molecule has 0 radical (unpaired) electrons. The van der Waals surface area contributed by atoms with Crippen LogP contribution in [0.25, 0.3) is 10.1 Å². The topological polar surface area (TPSA) is 46.2 Å². The Kier molecular flexibility index (Phi) is 3.22. The van der Waals surface area contributed by atoms with Crippen LogP contribution in [0, 0.1) is 0 Å². The van der Waals surface area contributed by atoms with Gasteiger partial charge < -0.3 is 15.4 Å². The number of nitrogens with zero attached hydrogens (tertiary/aromatic N) is 1. The quantitative estimate of drug-likeness (QED) is 0.869. The normalized spacial score (nSPS) is 20.6. The summed E-state index contributed by atoms with van der Waals surface area (Å²) in [5, 5.41) is 10.1. The lowest BCUT2D eigenvalue weighted by molar-refractivity contribution is 0.0806. The van der Waals surface area contributed by atoms with Gasteiger partial charge >= 0.3 is 0 Å². The molecule has 1 unspecified atom stereocenters. The molecule has 0 spiro atoms. The van der Waals surface area contributed by atoms with E-state index in [1.54, 1.807) is 11.3 Å². The lowest BCUT2D eigenvalue weighted by atomic mass is 10.2. The van der Waals surface area contributed by atoms with Gasteiger partial charge in [-0.3, -0.25) is 0 Å². The highest BCUT2D eigenvalue weighted by Crippen LogP contribution is 2.25. The maximum Gasteiger partial charge on any atom is 0.134 e. The second-order valence-electron chi connectivity index (χ2n) is 4.10. The zero-order valence-electron chi connectivity index (χ0n) is 9.48. The van der Waals surface area contributed by atoms with E-state index in [1.165, 1.54) is 10.1 Å². The molecule has 3 heterocycles. The molecule has 1 aliphatic heterocycles. The van der Waals surface area contributed by atoms with Crippen molar-refractivity contribution in [2.75, 3.05) is 31.6 Å². The molecule has 5 heteroatoms. The Morgan fingerprint density at radius 1 is 1.53 bits per heavy atom. The number of anilines is 1. The first-order chi connectivity index (χ1) is 8.43. The van der Waals surface area contributed by atoms with Crippen LogP contribution in [0.2, 0.25) is 0 Å². The van der Waals surface area contributed by atoms with Gasteiger partial charge in [0.25, 0.3) is 0 Å². The third-order valence-corrected chi connectivity index (χ3v) is 3.78. The third-order valence-electron chi connectivity index (χ3n) is 2.89. The van der Waals surface area contributed by atoms with Gasteiger partial charge in [-0.05, 0) is 17.5 Å². The van der Waals surface area contributed by atoms with Crippen LogP contribution in [-0.2, 0) is 4.74 Å². The Labute approximate surface area is 104 Å². The molecule has 0 saturated carbocycles. The number of ether oxygens (including phenoxy) is 1. The number of hydrogen-bond donors (Lipinski definition) is 2. The molecule has 4 nitrogen and oxygen atoms in total. The van der Waals surface area contributed by atoms with Gasteiger partial charge in [-0.15, -0.1) is 11.3 Å². The van der Waals surface area contributed by atoms with E-state index >= 15 is 0 Å². The first-order valence-corrected chi connectivity index (χ1v) is 6.68. The molecule has 0 aromatic carbocycles. The van der Waals surface area contributed by atoms with Gasteiger partial charge in [0.15, 0.2) is 0 Å². The van der Waals surface area contributed by atoms with Crippen molar-refractivity contribution in [2.45, 2.75) is 6.04 Å². The number of aromatic nitrogens is 1. The summed E-state index contributed by atoms with van der Waals surface area (Å²) < 4.78 is 6.70. The van der Waals surface area contributed by atoms with Crippen LogP contribution in [0.3, 0.4) is 0 Å². The fraction of sp³-hybridized carbons (Fsp3) is 0.417. The highest BCUT2D eigenvalue weighted by Gasteiger charge is 2.13. The van der Waals surface area contributed by atoms with Crippen LogP contribution >= 0.6 is 11.3 Å². The van der Waals surface area contributed by atoms with Crippen LogP contribution in [-0.4, -0.2) is 37.3 Å². The number of hydrogen-bond acceptors (Lipinski definition) is 5. The van der Waals surface area contributed by atoms with E-state index in [1.807, 2.05) is 12.3 Å². The predicted octanol–water partition coefficient (Wildman–Crippen LogP) is 1.70. The first kappa shape index (κ1) is 11.0. The molecule has 1 aliphatic rings. The molecule has 17 heavy (non-hydrogen) atoms. The molecule has 0 aliphatic carbocycles. The second-order valence-corrected chi connectivity index (χ2v) is 5.05. The Bertz CT molecular complexity index is 493. The average molecular weight is 249 g/mol. The summed E-state index contributed by atoms with van der Waals surface area (Å²) in [5.41, 5.74) is 0. The molecule has 1 atom stereocenters. The smallest absolute Gasteiger partial charge is 0.134 e. The maximum atomic E-state index is 5.42. The fourth-order valence-corrected chi connectivity index (χ4v) is 2.79. The van der Waals surface area contributed by atoms with E-state index in [0.717, 1.165) is 32.1 Å². The Hall–Kier alpha value is -1.17. The van der Waals surface area contributed by atoms with E-state index in [-0.39, 0.29) is 0 Å². The van der Waals surface area contributed by atoms with Gasteiger partial charge in [0, 0.05) is 35.4 Å². The van der Waals surface area contributed by atoms with Crippen molar-refractivity contribution in [1.29, 1.82) is 0 Å². The number of rotatable bonds is 3. The monoisotopic (exact) mass is 249 g/mol. The van der Waals surface area contributed by atoms with Gasteiger partial charge in [-0.2, -0.15) is 0 Å². The minimum Gasteiger partial charge on any atom is -0.378 e. The summed E-state index contributed by atoms with van der Waals surface area (Å²) in [5.74, 6) is 0.969. The lowest BCUT2D eigenvalue weighted by Gasteiger charge is -2.24. The number of thiophene rings is 1. The standard InChI is InChI=1S/C12H15N3OS/c1-3-14-12(10-2-6-17-11(1)10)15-7-9-8-16-5-4-13-9/h1-3,6,9,13H,4-5,7-8H2,(H,14,15). The molecule has 0 bridgehead atoms. The van der Waals surface area contributed by atoms with E-state index in [0.29, 0.717) is 6.04 Å². The number of fused-ring (bicyclic) bond motifs is 1. The molecular weight excluding hydrogens is 234 g/mol. The van der Waals surface area contributed by atoms with E-state index in [9.17, 15) is 0 Å². The van der Waals surface area contributed by atoms with Gasteiger partial charge in [0.05, 0.1) is 13.2 Å². The van der Waals surface area contributed by atoms with E-state index in [4.69, 9.17) is 4.74 Å². The van der Waals surface area contributed by atoms with E-state index < -0.39 is 0 Å². The lowest BCUT2D eigenvalue weighted by Crippen LogP contribution is -2.45. The molecular formula is C12H15N3OS. The van der Waals surface area contributed by atoms with Gasteiger partial charge in [-0.1, -0.05) is 0 Å². The van der Waals surface area contributed by atoms with Crippen molar-refractivity contribution in [2.24, 2.45) is 0 Å². The Morgan fingerprint density at radius 3 is 3.41 bits per heavy atom. The van der Waals surface area contributed by atoms with Gasteiger partial charge in [0.1, 0.15) is 5.82 Å². The number of pyridine rings is 1. The molecule has 90 valence electrons. The SMILES string of the molecule is c1cc2sccc2c(NCC2COCCN2)n1. The van der Waals surface area contributed by atoms with Crippen LogP contribution in [0.1, 0.15) is 0 Å². The van der Waals surface area contributed by atoms with Crippen LogP contribution < -0.4 is 10.6 Å². The summed E-state index contributed by atoms with van der Waals surface area (Å²) in [6.07, 6.45) is 1.85. The minimum absolute atomic E-state index is 0.374. The van der Waals surface area contributed by atoms with Crippen LogP contribution in [0.15, 0.2) is 23.7 Å². The minimum atomic E-state index is 0.374. The predicted molar refractivity (Wildman–Crippen MR) is 70.7 cm³/mol. The van der Waals surface area contributed by atoms with Crippen molar-refractivity contribution in [3.8, 4) is 0 Å². The van der Waals surface area contributed by atoms with Crippen molar-refractivity contribution < 1.29 is 4.74 Å². The summed E-state index contributed by atoms with van der Waals surface area (Å²) in [6, 6.07) is 4.53. The molecule has 2 aromatic rings. The highest BCUT2D eigenvalue weighted by molar-refractivity contribution is 7.17. The fourth-order valence-electron chi connectivity index (χ4n) is 2.01. The van der Waals surface area contributed by atoms with Crippen LogP contribution in [0.4, 0.5) is 5.82 Å². The summed E-state index contributed by atoms with van der Waals surface area (Å²) in [4.78, 5) is 4.39. The molecule has 1 saturated heterocycles. The number of nitrogens with one attached hydrogen (secondary N) is 2. The van der Waals surface area contributed by atoms with Crippen molar-refractivity contribution in [3.63, 3.8) is 0 Å². The highest BCUT2D eigenvalue weighted by atomic mass is 32.1. The Morgan fingerprint density at radius 2 is 2.53 bits per heavy atom. The van der Waals surface area contributed by atoms with Crippen LogP contribution in [0.5, 0.6) is 0 Å². The molecule has 2 aromatic heterocycles. The summed E-state index contributed by atoms with van der Waals surface area (Å²) >= 11 is 1.74. The molecule has 0 amide bonds.